The van der Waals surface area contributed by atoms with Crippen molar-refractivity contribution in [2.75, 3.05) is 13.2 Å². The van der Waals surface area contributed by atoms with Crippen molar-refractivity contribution < 1.29 is 18.3 Å². The summed E-state index contributed by atoms with van der Waals surface area (Å²) in [6.07, 6.45) is 1.12. The van der Waals surface area contributed by atoms with Crippen LogP contribution in [-0.2, 0) is 16.4 Å². The summed E-state index contributed by atoms with van der Waals surface area (Å²) in [6, 6.07) is 16.3. The Morgan fingerprint density at radius 3 is 2.40 bits per heavy atom. The van der Waals surface area contributed by atoms with Crippen LogP contribution < -0.4 is 9.46 Å². The Hall–Kier alpha value is -1.89. The minimum Gasteiger partial charge on any atom is -0.492 e. The number of aryl methyl sites for hydroxylation is 1. The van der Waals surface area contributed by atoms with E-state index in [1.165, 1.54) is 6.07 Å². The molecular formula is C19H25NO4S. The van der Waals surface area contributed by atoms with Gasteiger partial charge in [0.25, 0.3) is 0 Å². The summed E-state index contributed by atoms with van der Waals surface area (Å²) >= 11 is 0. The minimum atomic E-state index is -3.76. The van der Waals surface area contributed by atoms with E-state index in [-0.39, 0.29) is 11.4 Å². The average molecular weight is 363 g/mol. The number of aliphatic hydroxyl groups is 1. The van der Waals surface area contributed by atoms with Crippen molar-refractivity contribution in [2.45, 2.75) is 37.2 Å². The molecule has 5 nitrogen and oxygen atoms in total. The zero-order chi connectivity index (χ0) is 18.3. The topological polar surface area (TPSA) is 75.6 Å². The van der Waals surface area contributed by atoms with Crippen LogP contribution in [0.3, 0.4) is 0 Å². The normalized spacial score (nSPS) is 14.0. The van der Waals surface area contributed by atoms with E-state index < -0.39 is 15.6 Å². The molecule has 2 rings (SSSR count). The highest BCUT2D eigenvalue weighted by Crippen LogP contribution is 2.23. The van der Waals surface area contributed by atoms with Crippen LogP contribution in [0.5, 0.6) is 5.75 Å². The third kappa shape index (κ3) is 5.85. The first kappa shape index (κ1) is 19.4. The Morgan fingerprint density at radius 2 is 1.72 bits per heavy atom. The van der Waals surface area contributed by atoms with Gasteiger partial charge in [-0.05, 0) is 44.4 Å². The molecule has 2 N–H and O–H groups in total. The van der Waals surface area contributed by atoms with Crippen LogP contribution in [0.1, 0.15) is 25.8 Å². The predicted molar refractivity (Wildman–Crippen MR) is 98.2 cm³/mol. The Bertz CT molecular complexity index is 773. The lowest BCUT2D eigenvalue weighted by molar-refractivity contribution is 0.0565. The van der Waals surface area contributed by atoms with Crippen molar-refractivity contribution >= 4 is 10.0 Å². The summed E-state index contributed by atoms with van der Waals surface area (Å²) in [5.41, 5.74) is -0.0453. The van der Waals surface area contributed by atoms with E-state index in [2.05, 4.69) is 4.72 Å². The van der Waals surface area contributed by atoms with Gasteiger partial charge in [0.1, 0.15) is 10.6 Å². The maximum absolute atomic E-state index is 12.5. The molecule has 0 saturated heterocycles. The van der Waals surface area contributed by atoms with Gasteiger partial charge in [-0.2, -0.15) is 0 Å². The first-order valence-corrected chi connectivity index (χ1v) is 9.80. The average Bonchev–Trinajstić information content (AvgIpc) is 2.60. The molecular weight excluding hydrogens is 338 g/mol. The van der Waals surface area contributed by atoms with Crippen LogP contribution >= 0.6 is 0 Å². The van der Waals surface area contributed by atoms with Crippen LogP contribution in [0.25, 0.3) is 0 Å². The number of rotatable bonds is 9. The molecule has 6 heteroatoms. The molecule has 0 radical (unpaired) electrons. The van der Waals surface area contributed by atoms with Crippen LogP contribution in [0.4, 0.5) is 0 Å². The fourth-order valence-electron chi connectivity index (χ4n) is 2.42. The lowest BCUT2D eigenvalue weighted by atomic mass is 9.97. The number of nitrogens with one attached hydrogen (secondary N) is 1. The van der Waals surface area contributed by atoms with Crippen LogP contribution in [-0.4, -0.2) is 32.3 Å². The zero-order valence-electron chi connectivity index (χ0n) is 14.6. The first-order chi connectivity index (χ1) is 11.8. The van der Waals surface area contributed by atoms with Gasteiger partial charge in [-0.15, -0.1) is 0 Å². The monoisotopic (exact) mass is 363 g/mol. The SMILES string of the molecule is CCOc1ccccc1S(=O)(=O)NCC(C)(O)CCc1ccccc1. The van der Waals surface area contributed by atoms with Crippen LogP contribution in [0, 0.1) is 0 Å². The Kier molecular flexibility index (Phi) is 6.58. The molecule has 0 fully saturated rings. The third-order valence-electron chi connectivity index (χ3n) is 3.88. The molecule has 2 aromatic rings. The Balaban J connectivity index is 2.01. The predicted octanol–water partition coefficient (Wildman–Crippen LogP) is 2.75. The van der Waals surface area contributed by atoms with Crippen molar-refractivity contribution in [2.24, 2.45) is 0 Å². The molecule has 0 aromatic heterocycles. The van der Waals surface area contributed by atoms with Crippen molar-refractivity contribution in [1.82, 2.24) is 4.72 Å². The quantitative estimate of drug-likeness (QED) is 0.718. The molecule has 0 aliphatic rings. The van der Waals surface area contributed by atoms with Gasteiger partial charge in [0, 0.05) is 6.54 Å². The minimum absolute atomic E-state index is 0.0668. The highest BCUT2D eigenvalue weighted by molar-refractivity contribution is 7.89. The van der Waals surface area contributed by atoms with E-state index in [9.17, 15) is 13.5 Å². The van der Waals surface area contributed by atoms with Crippen LogP contribution in [0.15, 0.2) is 59.5 Å². The lowest BCUT2D eigenvalue weighted by Crippen LogP contribution is -2.41. The van der Waals surface area contributed by atoms with E-state index in [0.29, 0.717) is 25.2 Å². The number of hydrogen-bond acceptors (Lipinski definition) is 4. The summed E-state index contributed by atoms with van der Waals surface area (Å²) in [7, 11) is -3.76. The van der Waals surface area contributed by atoms with E-state index in [1.54, 1.807) is 32.0 Å². The van der Waals surface area contributed by atoms with E-state index >= 15 is 0 Å². The lowest BCUT2D eigenvalue weighted by Gasteiger charge is -2.24. The van der Waals surface area contributed by atoms with Crippen molar-refractivity contribution in [3.05, 3.63) is 60.2 Å². The van der Waals surface area contributed by atoms with Crippen molar-refractivity contribution in [3.8, 4) is 5.75 Å². The number of hydrogen-bond donors (Lipinski definition) is 2. The molecule has 0 aliphatic carbocycles. The molecule has 1 atom stereocenters. The highest BCUT2D eigenvalue weighted by atomic mass is 32.2. The van der Waals surface area contributed by atoms with Crippen LogP contribution in [0.2, 0.25) is 0 Å². The summed E-state index contributed by atoms with van der Waals surface area (Å²) in [6.45, 7) is 3.74. The number of benzene rings is 2. The van der Waals surface area contributed by atoms with Gasteiger partial charge in [-0.25, -0.2) is 13.1 Å². The van der Waals surface area contributed by atoms with Gasteiger partial charge in [-0.1, -0.05) is 42.5 Å². The van der Waals surface area contributed by atoms with E-state index in [4.69, 9.17) is 4.74 Å². The van der Waals surface area contributed by atoms with Crippen molar-refractivity contribution in [1.29, 1.82) is 0 Å². The third-order valence-corrected chi connectivity index (χ3v) is 5.32. The van der Waals surface area contributed by atoms with Gasteiger partial charge < -0.3 is 9.84 Å². The standard InChI is InChI=1S/C19H25NO4S/c1-3-24-17-11-7-8-12-18(17)25(22,23)20-15-19(2,21)14-13-16-9-5-4-6-10-16/h4-12,20-21H,3,13-15H2,1-2H3. The molecule has 0 bridgehead atoms. The maximum Gasteiger partial charge on any atom is 0.244 e. The van der Waals surface area contributed by atoms with E-state index in [0.717, 1.165) is 5.56 Å². The van der Waals surface area contributed by atoms with Gasteiger partial charge >= 0.3 is 0 Å². The first-order valence-electron chi connectivity index (χ1n) is 8.32. The second-order valence-corrected chi connectivity index (χ2v) is 7.92. The summed E-state index contributed by atoms with van der Waals surface area (Å²) in [5, 5.41) is 10.5. The Morgan fingerprint density at radius 1 is 1.08 bits per heavy atom. The van der Waals surface area contributed by atoms with Gasteiger partial charge in [0.05, 0.1) is 12.2 Å². The molecule has 0 amide bonds. The smallest absolute Gasteiger partial charge is 0.244 e. The number of sulfonamides is 1. The highest BCUT2D eigenvalue weighted by Gasteiger charge is 2.25. The fraction of sp³-hybridized carbons (Fsp3) is 0.368. The maximum atomic E-state index is 12.5. The molecule has 0 spiro atoms. The van der Waals surface area contributed by atoms with Gasteiger partial charge in [-0.3, -0.25) is 0 Å². The second kappa shape index (κ2) is 8.47. The molecule has 136 valence electrons. The summed E-state index contributed by atoms with van der Waals surface area (Å²) in [5.74, 6) is 0.307. The molecule has 0 aliphatic heterocycles. The molecule has 0 heterocycles. The molecule has 0 saturated carbocycles. The largest absolute Gasteiger partial charge is 0.492 e. The number of para-hydroxylation sites is 1. The number of ether oxygens (including phenoxy) is 1. The van der Waals surface area contributed by atoms with Gasteiger partial charge in [0.2, 0.25) is 10.0 Å². The van der Waals surface area contributed by atoms with Crippen molar-refractivity contribution in [3.63, 3.8) is 0 Å². The van der Waals surface area contributed by atoms with Gasteiger partial charge in [0.15, 0.2) is 0 Å². The zero-order valence-corrected chi connectivity index (χ0v) is 15.4. The Labute approximate surface area is 149 Å². The molecule has 1 unspecified atom stereocenters. The molecule has 25 heavy (non-hydrogen) atoms. The molecule has 2 aromatic carbocycles. The fourth-order valence-corrected chi connectivity index (χ4v) is 3.73. The second-order valence-electron chi connectivity index (χ2n) is 6.19. The van der Waals surface area contributed by atoms with E-state index in [1.807, 2.05) is 30.3 Å². The summed E-state index contributed by atoms with van der Waals surface area (Å²) in [4.78, 5) is 0.0794. The summed E-state index contributed by atoms with van der Waals surface area (Å²) < 4.78 is 33.0.